The number of nitrogens with one attached hydrogen (secondary N) is 1. The molecule has 0 aliphatic heterocycles. The van der Waals surface area contributed by atoms with Gasteiger partial charge in [-0.25, -0.2) is 4.98 Å². The number of nitrogens with zero attached hydrogens (tertiary/aromatic N) is 3. The lowest BCUT2D eigenvalue weighted by Gasteiger charge is -2.01. The Morgan fingerprint density at radius 2 is 2.00 bits per heavy atom. The highest BCUT2D eigenvalue weighted by Gasteiger charge is 2.13. The Labute approximate surface area is 137 Å². The molecule has 1 N–H and O–H groups in total. The molecule has 0 unspecified atom stereocenters. The SMILES string of the molecule is Cc1nc(NC(=O)c2ccc(C#N)cc2)sc1-c1ccccn1. The molecule has 1 aromatic carbocycles. The number of carbonyl (C=O) groups excluding carboxylic acids is 1. The molecule has 2 heterocycles. The van der Waals surface area contributed by atoms with Crippen LogP contribution in [0.4, 0.5) is 5.13 Å². The molecule has 3 aromatic rings. The van der Waals surface area contributed by atoms with Gasteiger partial charge in [0.25, 0.3) is 5.91 Å². The Hall–Kier alpha value is -3.04. The number of carbonyl (C=O) groups is 1. The monoisotopic (exact) mass is 320 g/mol. The highest BCUT2D eigenvalue weighted by molar-refractivity contribution is 7.19. The van der Waals surface area contributed by atoms with E-state index >= 15 is 0 Å². The van der Waals surface area contributed by atoms with Crippen LogP contribution in [0.2, 0.25) is 0 Å². The van der Waals surface area contributed by atoms with E-state index in [-0.39, 0.29) is 5.91 Å². The molecule has 0 saturated carbocycles. The van der Waals surface area contributed by atoms with Crippen LogP contribution in [0.15, 0.2) is 48.7 Å². The summed E-state index contributed by atoms with van der Waals surface area (Å²) in [4.78, 5) is 21.8. The number of rotatable bonds is 3. The van der Waals surface area contributed by atoms with Gasteiger partial charge in [0.15, 0.2) is 5.13 Å². The number of pyridine rings is 1. The van der Waals surface area contributed by atoms with Crippen molar-refractivity contribution in [3.05, 3.63) is 65.5 Å². The molecule has 112 valence electrons. The van der Waals surface area contributed by atoms with E-state index in [1.165, 1.54) is 11.3 Å². The molecule has 1 amide bonds. The predicted octanol–water partition coefficient (Wildman–Crippen LogP) is 3.64. The third kappa shape index (κ3) is 3.25. The van der Waals surface area contributed by atoms with Crippen LogP contribution < -0.4 is 5.32 Å². The van der Waals surface area contributed by atoms with Crippen LogP contribution in [-0.2, 0) is 0 Å². The van der Waals surface area contributed by atoms with Gasteiger partial charge >= 0.3 is 0 Å². The summed E-state index contributed by atoms with van der Waals surface area (Å²) < 4.78 is 0. The van der Waals surface area contributed by atoms with Crippen molar-refractivity contribution in [1.82, 2.24) is 9.97 Å². The van der Waals surface area contributed by atoms with Gasteiger partial charge in [-0.3, -0.25) is 15.1 Å². The summed E-state index contributed by atoms with van der Waals surface area (Å²) in [5.41, 5.74) is 2.66. The Balaban J connectivity index is 1.80. The molecule has 0 atom stereocenters. The van der Waals surface area contributed by atoms with E-state index in [1.54, 1.807) is 30.5 Å². The summed E-state index contributed by atoms with van der Waals surface area (Å²) in [5.74, 6) is -0.254. The first-order valence-electron chi connectivity index (χ1n) is 6.88. The third-order valence-corrected chi connectivity index (χ3v) is 4.29. The fraction of sp³-hybridized carbons (Fsp3) is 0.0588. The van der Waals surface area contributed by atoms with E-state index in [0.29, 0.717) is 16.3 Å². The molecule has 5 nitrogen and oxygen atoms in total. The largest absolute Gasteiger partial charge is 0.298 e. The first-order chi connectivity index (χ1) is 11.2. The average molecular weight is 320 g/mol. The Morgan fingerprint density at radius 3 is 2.65 bits per heavy atom. The smallest absolute Gasteiger partial charge is 0.257 e. The molecular formula is C17H12N4OS. The summed E-state index contributed by atoms with van der Waals surface area (Å²) in [6.45, 7) is 1.89. The first-order valence-corrected chi connectivity index (χ1v) is 7.69. The second-order valence-corrected chi connectivity index (χ2v) is 5.79. The minimum absolute atomic E-state index is 0.254. The normalized spacial score (nSPS) is 10.1. The first kappa shape index (κ1) is 14.9. The summed E-state index contributed by atoms with van der Waals surface area (Å²) in [7, 11) is 0. The van der Waals surface area contributed by atoms with Crippen LogP contribution in [0.5, 0.6) is 0 Å². The van der Waals surface area contributed by atoms with Crippen molar-refractivity contribution in [2.75, 3.05) is 5.32 Å². The zero-order valence-corrected chi connectivity index (χ0v) is 13.1. The Bertz CT molecular complexity index is 879. The van der Waals surface area contributed by atoms with Gasteiger partial charge in [0, 0.05) is 11.8 Å². The number of benzene rings is 1. The average Bonchev–Trinajstić information content (AvgIpc) is 2.96. The molecule has 2 aromatic heterocycles. The molecular weight excluding hydrogens is 308 g/mol. The maximum absolute atomic E-state index is 12.2. The highest BCUT2D eigenvalue weighted by atomic mass is 32.1. The maximum atomic E-state index is 12.2. The third-order valence-electron chi connectivity index (χ3n) is 3.19. The van der Waals surface area contributed by atoms with Crippen molar-refractivity contribution in [2.45, 2.75) is 6.92 Å². The van der Waals surface area contributed by atoms with Crippen molar-refractivity contribution < 1.29 is 4.79 Å². The van der Waals surface area contributed by atoms with Crippen molar-refractivity contribution in [3.8, 4) is 16.6 Å². The fourth-order valence-corrected chi connectivity index (χ4v) is 2.99. The van der Waals surface area contributed by atoms with Crippen LogP contribution in [0, 0.1) is 18.3 Å². The van der Waals surface area contributed by atoms with Crippen molar-refractivity contribution in [2.24, 2.45) is 0 Å². The summed E-state index contributed by atoms with van der Waals surface area (Å²) in [6.07, 6.45) is 1.73. The van der Waals surface area contributed by atoms with E-state index in [1.807, 2.05) is 31.2 Å². The predicted molar refractivity (Wildman–Crippen MR) is 89.2 cm³/mol. The second-order valence-electron chi connectivity index (χ2n) is 4.79. The van der Waals surface area contributed by atoms with Crippen LogP contribution in [0.3, 0.4) is 0 Å². The van der Waals surface area contributed by atoms with Crippen molar-refractivity contribution in [3.63, 3.8) is 0 Å². The fourth-order valence-electron chi connectivity index (χ4n) is 2.05. The van der Waals surface area contributed by atoms with Gasteiger partial charge < -0.3 is 0 Å². The zero-order valence-electron chi connectivity index (χ0n) is 12.3. The summed E-state index contributed by atoms with van der Waals surface area (Å²) in [5, 5.41) is 12.1. The van der Waals surface area contributed by atoms with Crippen molar-refractivity contribution in [1.29, 1.82) is 5.26 Å². The minimum Gasteiger partial charge on any atom is -0.298 e. The molecule has 0 saturated heterocycles. The lowest BCUT2D eigenvalue weighted by Crippen LogP contribution is -2.11. The van der Waals surface area contributed by atoms with Crippen LogP contribution in [0.1, 0.15) is 21.6 Å². The molecule has 23 heavy (non-hydrogen) atoms. The van der Waals surface area contributed by atoms with E-state index in [9.17, 15) is 4.79 Å². The molecule has 0 aliphatic carbocycles. The van der Waals surface area contributed by atoms with Gasteiger partial charge in [0.1, 0.15) is 0 Å². The summed E-state index contributed by atoms with van der Waals surface area (Å²) in [6, 6.07) is 14.2. The van der Waals surface area contributed by atoms with E-state index < -0.39 is 0 Å². The molecule has 0 radical (unpaired) electrons. The number of hydrogen-bond donors (Lipinski definition) is 1. The maximum Gasteiger partial charge on any atom is 0.257 e. The quantitative estimate of drug-likeness (QED) is 0.799. The molecule has 0 aliphatic rings. The van der Waals surface area contributed by atoms with Crippen molar-refractivity contribution >= 4 is 22.4 Å². The highest BCUT2D eigenvalue weighted by Crippen LogP contribution is 2.31. The molecule has 6 heteroatoms. The van der Waals surface area contributed by atoms with Crippen LogP contribution >= 0.6 is 11.3 Å². The number of aromatic nitrogens is 2. The minimum atomic E-state index is -0.254. The van der Waals surface area contributed by atoms with Gasteiger partial charge in [0.05, 0.1) is 27.9 Å². The Morgan fingerprint density at radius 1 is 1.22 bits per heavy atom. The van der Waals surface area contributed by atoms with Gasteiger partial charge in [-0.05, 0) is 43.3 Å². The van der Waals surface area contributed by atoms with Crippen LogP contribution in [-0.4, -0.2) is 15.9 Å². The number of nitriles is 1. The number of anilines is 1. The van der Waals surface area contributed by atoms with Gasteiger partial charge in [0.2, 0.25) is 0 Å². The van der Waals surface area contributed by atoms with Gasteiger partial charge in [-0.2, -0.15) is 5.26 Å². The molecule has 3 rings (SSSR count). The van der Waals surface area contributed by atoms with E-state index in [4.69, 9.17) is 5.26 Å². The topological polar surface area (TPSA) is 78.7 Å². The number of thiazole rings is 1. The molecule has 0 bridgehead atoms. The lowest BCUT2D eigenvalue weighted by molar-refractivity contribution is 0.102. The second kappa shape index (κ2) is 6.38. The van der Waals surface area contributed by atoms with E-state index in [0.717, 1.165) is 16.3 Å². The zero-order chi connectivity index (χ0) is 16.2. The standard InChI is InChI=1S/C17H12N4OS/c1-11-15(14-4-2-3-9-19-14)23-17(20-11)21-16(22)13-7-5-12(10-18)6-8-13/h2-9H,1H3,(H,20,21,22). The molecule has 0 fully saturated rings. The lowest BCUT2D eigenvalue weighted by atomic mass is 10.1. The number of hydrogen-bond acceptors (Lipinski definition) is 5. The molecule has 0 spiro atoms. The number of aryl methyl sites for hydroxylation is 1. The van der Waals surface area contributed by atoms with Gasteiger partial charge in [-0.1, -0.05) is 17.4 Å². The van der Waals surface area contributed by atoms with E-state index in [2.05, 4.69) is 15.3 Å². The Kier molecular flexibility index (Phi) is 4.13. The van der Waals surface area contributed by atoms with Gasteiger partial charge in [-0.15, -0.1) is 0 Å². The van der Waals surface area contributed by atoms with Crippen LogP contribution in [0.25, 0.3) is 10.6 Å². The number of amides is 1. The summed E-state index contributed by atoms with van der Waals surface area (Å²) >= 11 is 1.39.